The standard InChI is InChI=1S/C30H30/c1-21-14-16-28(24(4)18-21)29-17-15-27(30(29)25-11-6-5-7-12-25)20-22(2)19-26-13-9-8-10-23(26)3/h5-14,16-18H,2,15,19-20H2,1,3-4H3. The van der Waals surface area contributed by atoms with Crippen LogP contribution in [-0.2, 0) is 6.42 Å². The van der Waals surface area contributed by atoms with Gasteiger partial charge in [0.25, 0.3) is 0 Å². The molecule has 3 aromatic rings. The van der Waals surface area contributed by atoms with Crippen molar-refractivity contribution in [3.63, 3.8) is 0 Å². The van der Waals surface area contributed by atoms with E-state index in [2.05, 4.69) is 106 Å². The third-order valence-electron chi connectivity index (χ3n) is 6.08. The third kappa shape index (κ3) is 4.24. The maximum absolute atomic E-state index is 4.45. The summed E-state index contributed by atoms with van der Waals surface area (Å²) in [5.74, 6) is 0. The summed E-state index contributed by atoms with van der Waals surface area (Å²) in [5, 5.41) is 0. The van der Waals surface area contributed by atoms with Gasteiger partial charge in [-0.2, -0.15) is 0 Å². The van der Waals surface area contributed by atoms with Crippen molar-refractivity contribution in [2.75, 3.05) is 0 Å². The van der Waals surface area contributed by atoms with Crippen LogP contribution in [0.4, 0.5) is 0 Å². The molecular formula is C30H30. The monoisotopic (exact) mass is 390 g/mol. The van der Waals surface area contributed by atoms with Gasteiger partial charge in [0.2, 0.25) is 0 Å². The molecule has 0 spiro atoms. The Labute approximate surface area is 181 Å². The molecule has 0 nitrogen and oxygen atoms in total. The van der Waals surface area contributed by atoms with Crippen molar-refractivity contribution >= 4 is 11.1 Å². The average Bonchev–Trinajstić information content (AvgIpc) is 3.13. The molecule has 3 aromatic carbocycles. The van der Waals surface area contributed by atoms with Gasteiger partial charge in [-0.25, -0.2) is 0 Å². The fourth-order valence-electron chi connectivity index (χ4n) is 4.55. The quantitative estimate of drug-likeness (QED) is 0.374. The van der Waals surface area contributed by atoms with Crippen molar-refractivity contribution in [1.29, 1.82) is 0 Å². The molecule has 1 aliphatic rings. The molecular weight excluding hydrogens is 360 g/mol. The highest BCUT2D eigenvalue weighted by Gasteiger charge is 2.22. The van der Waals surface area contributed by atoms with Crippen LogP contribution in [0.1, 0.15) is 46.2 Å². The van der Waals surface area contributed by atoms with Crippen LogP contribution in [-0.4, -0.2) is 0 Å². The predicted octanol–water partition coefficient (Wildman–Crippen LogP) is 8.04. The van der Waals surface area contributed by atoms with Gasteiger partial charge in [0, 0.05) is 0 Å². The maximum Gasteiger partial charge on any atom is -0.00640 e. The largest absolute Gasteiger partial charge is 0.0992 e. The number of hydrogen-bond acceptors (Lipinski definition) is 0. The van der Waals surface area contributed by atoms with Crippen molar-refractivity contribution in [2.45, 2.75) is 40.0 Å². The minimum absolute atomic E-state index is 0.942. The van der Waals surface area contributed by atoms with Crippen molar-refractivity contribution in [3.05, 3.63) is 130 Å². The lowest BCUT2D eigenvalue weighted by molar-refractivity contribution is 0.995. The summed E-state index contributed by atoms with van der Waals surface area (Å²) in [5.41, 5.74) is 13.6. The Bertz CT molecular complexity index is 1140. The highest BCUT2D eigenvalue weighted by Crippen LogP contribution is 2.43. The Kier molecular flexibility index (Phi) is 5.86. The summed E-state index contributed by atoms with van der Waals surface area (Å²) in [6.45, 7) is 11.0. The molecule has 0 aliphatic heterocycles. The van der Waals surface area contributed by atoms with Crippen LogP contribution in [0.5, 0.6) is 0 Å². The molecule has 0 bridgehead atoms. The summed E-state index contributed by atoms with van der Waals surface area (Å²) in [6.07, 6.45) is 5.30. The third-order valence-corrected chi connectivity index (χ3v) is 6.08. The van der Waals surface area contributed by atoms with Crippen LogP contribution in [0, 0.1) is 20.8 Å². The lowest BCUT2D eigenvalue weighted by Crippen LogP contribution is -1.97. The highest BCUT2D eigenvalue weighted by atomic mass is 14.3. The van der Waals surface area contributed by atoms with E-state index in [1.54, 1.807) is 0 Å². The molecule has 0 aromatic heterocycles. The molecule has 0 fully saturated rings. The van der Waals surface area contributed by atoms with Gasteiger partial charge >= 0.3 is 0 Å². The zero-order valence-electron chi connectivity index (χ0n) is 18.3. The van der Waals surface area contributed by atoms with E-state index >= 15 is 0 Å². The fourth-order valence-corrected chi connectivity index (χ4v) is 4.55. The van der Waals surface area contributed by atoms with E-state index in [0.29, 0.717) is 0 Å². The molecule has 0 saturated heterocycles. The minimum atomic E-state index is 0.942. The summed E-state index contributed by atoms with van der Waals surface area (Å²) in [4.78, 5) is 0. The number of hydrogen-bond donors (Lipinski definition) is 0. The number of rotatable bonds is 6. The van der Waals surface area contributed by atoms with Crippen LogP contribution in [0.15, 0.2) is 96.6 Å². The first kappa shape index (κ1) is 20.2. The second-order valence-electron chi connectivity index (χ2n) is 8.51. The van der Waals surface area contributed by atoms with Crippen LogP contribution in [0.3, 0.4) is 0 Å². The van der Waals surface area contributed by atoms with Crippen molar-refractivity contribution in [1.82, 2.24) is 0 Å². The molecule has 0 heterocycles. The van der Waals surface area contributed by atoms with Gasteiger partial charge in [-0.05, 0) is 79.0 Å². The van der Waals surface area contributed by atoms with Crippen LogP contribution in [0.25, 0.3) is 11.1 Å². The molecule has 0 heteroatoms. The van der Waals surface area contributed by atoms with Crippen LogP contribution < -0.4 is 0 Å². The zero-order valence-corrected chi connectivity index (χ0v) is 18.3. The number of allylic oxidation sites excluding steroid dienone is 5. The molecule has 0 saturated carbocycles. The SMILES string of the molecule is C=C(CC1=C(c2ccccc2)C(c2ccc(C)cc2C)=CC1)Cc1ccccc1C. The van der Waals surface area contributed by atoms with Gasteiger partial charge in [0.15, 0.2) is 0 Å². The van der Waals surface area contributed by atoms with Gasteiger partial charge in [-0.15, -0.1) is 0 Å². The Morgan fingerprint density at radius 2 is 1.53 bits per heavy atom. The molecule has 30 heavy (non-hydrogen) atoms. The average molecular weight is 391 g/mol. The topological polar surface area (TPSA) is 0 Å². The number of aryl methyl sites for hydroxylation is 3. The lowest BCUT2D eigenvalue weighted by atomic mass is 9.88. The molecule has 0 atom stereocenters. The van der Waals surface area contributed by atoms with E-state index in [9.17, 15) is 0 Å². The molecule has 0 radical (unpaired) electrons. The fraction of sp³-hybridized carbons (Fsp3) is 0.200. The Morgan fingerprint density at radius 3 is 2.27 bits per heavy atom. The van der Waals surface area contributed by atoms with E-state index in [-0.39, 0.29) is 0 Å². The van der Waals surface area contributed by atoms with Crippen LogP contribution >= 0.6 is 0 Å². The zero-order chi connectivity index (χ0) is 21.1. The molecule has 1 aliphatic carbocycles. The first-order valence-electron chi connectivity index (χ1n) is 10.8. The summed E-state index contributed by atoms with van der Waals surface area (Å²) < 4.78 is 0. The first-order valence-corrected chi connectivity index (χ1v) is 10.8. The second kappa shape index (κ2) is 8.71. The Balaban J connectivity index is 1.69. The van der Waals surface area contributed by atoms with E-state index < -0.39 is 0 Å². The summed E-state index contributed by atoms with van der Waals surface area (Å²) in [6, 6.07) is 26.3. The van der Waals surface area contributed by atoms with E-state index in [4.69, 9.17) is 0 Å². The Hall–Kier alpha value is -3.12. The van der Waals surface area contributed by atoms with Crippen molar-refractivity contribution in [3.8, 4) is 0 Å². The molecule has 4 rings (SSSR count). The second-order valence-corrected chi connectivity index (χ2v) is 8.51. The molecule has 0 N–H and O–H groups in total. The molecule has 150 valence electrons. The number of benzene rings is 3. The normalized spacial score (nSPS) is 13.5. The van der Waals surface area contributed by atoms with Gasteiger partial charge in [0.05, 0.1) is 0 Å². The highest BCUT2D eigenvalue weighted by molar-refractivity contribution is 6.09. The van der Waals surface area contributed by atoms with Gasteiger partial charge in [0.1, 0.15) is 0 Å². The summed E-state index contributed by atoms with van der Waals surface area (Å²) in [7, 11) is 0. The smallest absolute Gasteiger partial charge is 0.00640 e. The van der Waals surface area contributed by atoms with E-state index in [0.717, 1.165) is 19.3 Å². The van der Waals surface area contributed by atoms with Crippen molar-refractivity contribution in [2.24, 2.45) is 0 Å². The molecule has 0 unspecified atom stereocenters. The maximum atomic E-state index is 4.45. The van der Waals surface area contributed by atoms with Gasteiger partial charge < -0.3 is 0 Å². The van der Waals surface area contributed by atoms with Crippen molar-refractivity contribution < 1.29 is 0 Å². The Morgan fingerprint density at radius 1 is 0.800 bits per heavy atom. The summed E-state index contributed by atoms with van der Waals surface area (Å²) >= 11 is 0. The first-order chi connectivity index (χ1) is 14.5. The van der Waals surface area contributed by atoms with E-state index in [1.165, 1.54) is 55.7 Å². The van der Waals surface area contributed by atoms with Crippen LogP contribution in [0.2, 0.25) is 0 Å². The predicted molar refractivity (Wildman–Crippen MR) is 131 cm³/mol. The molecule has 0 amide bonds. The van der Waals surface area contributed by atoms with Gasteiger partial charge in [-0.3, -0.25) is 0 Å². The van der Waals surface area contributed by atoms with E-state index in [1.807, 2.05) is 0 Å². The minimum Gasteiger partial charge on any atom is -0.0992 e. The van der Waals surface area contributed by atoms with Gasteiger partial charge in [-0.1, -0.05) is 102 Å². The lowest BCUT2D eigenvalue weighted by Gasteiger charge is -2.16.